The molecular weight excluding hydrogens is 320 g/mol. The highest BCUT2D eigenvalue weighted by Gasteiger charge is 2.31. The standard InChI is InChI=1S/C15H19BrN2O2/c1-15(2)3-5-18(6-4-15)12-8-11-9(7-10(12)16)13(19)14(20)17-11/h7-8,13,19H,3-6H2,1-2H3,(H,17,20). The zero-order valence-electron chi connectivity index (χ0n) is 11.7. The fraction of sp³-hybridized carbons (Fsp3) is 0.533. The van der Waals surface area contributed by atoms with E-state index in [2.05, 4.69) is 40.0 Å². The summed E-state index contributed by atoms with van der Waals surface area (Å²) in [5.74, 6) is -0.344. The molecule has 1 amide bonds. The van der Waals surface area contributed by atoms with Gasteiger partial charge in [0.25, 0.3) is 5.91 Å². The minimum absolute atomic E-state index is 0.344. The van der Waals surface area contributed by atoms with Crippen LogP contribution < -0.4 is 10.2 Å². The smallest absolute Gasteiger partial charge is 0.257 e. The number of piperidine rings is 1. The van der Waals surface area contributed by atoms with Gasteiger partial charge in [-0.15, -0.1) is 0 Å². The third kappa shape index (κ3) is 2.33. The highest BCUT2D eigenvalue weighted by molar-refractivity contribution is 9.10. The molecular formula is C15H19BrN2O2. The SMILES string of the molecule is CC1(C)CCN(c2cc3c(cc2Br)C(O)C(=O)N3)CC1. The maximum atomic E-state index is 11.5. The molecule has 0 bridgehead atoms. The zero-order chi connectivity index (χ0) is 14.5. The highest BCUT2D eigenvalue weighted by Crippen LogP contribution is 2.41. The fourth-order valence-corrected chi connectivity index (χ4v) is 3.46. The topological polar surface area (TPSA) is 52.6 Å². The molecule has 3 rings (SSSR count). The van der Waals surface area contributed by atoms with Gasteiger partial charge >= 0.3 is 0 Å². The number of carbonyl (C=O) groups is 1. The Balaban J connectivity index is 1.89. The number of aliphatic hydroxyl groups is 1. The summed E-state index contributed by atoms with van der Waals surface area (Å²) in [6.45, 7) is 6.64. The second-order valence-electron chi connectivity index (χ2n) is 6.43. The molecule has 1 unspecified atom stereocenters. The lowest BCUT2D eigenvalue weighted by Crippen LogP contribution is -2.37. The second kappa shape index (κ2) is 4.74. The van der Waals surface area contributed by atoms with Crippen LogP contribution in [-0.2, 0) is 4.79 Å². The number of halogens is 1. The Bertz CT molecular complexity index is 561. The van der Waals surface area contributed by atoms with Crippen molar-refractivity contribution in [2.45, 2.75) is 32.8 Å². The largest absolute Gasteiger partial charge is 0.378 e. The average Bonchev–Trinajstić information content (AvgIpc) is 2.65. The van der Waals surface area contributed by atoms with Gasteiger partial charge in [-0.1, -0.05) is 13.8 Å². The van der Waals surface area contributed by atoms with E-state index in [1.165, 1.54) is 0 Å². The van der Waals surface area contributed by atoms with Gasteiger partial charge in [-0.3, -0.25) is 4.79 Å². The third-order valence-corrected chi connectivity index (χ3v) is 5.01. The summed E-state index contributed by atoms with van der Waals surface area (Å²) < 4.78 is 0.937. The lowest BCUT2D eigenvalue weighted by Gasteiger charge is -2.38. The number of hydrogen-bond acceptors (Lipinski definition) is 3. The number of aliphatic hydroxyl groups excluding tert-OH is 1. The van der Waals surface area contributed by atoms with E-state index in [9.17, 15) is 9.90 Å². The van der Waals surface area contributed by atoms with E-state index in [4.69, 9.17) is 0 Å². The van der Waals surface area contributed by atoms with E-state index in [0.717, 1.165) is 41.8 Å². The molecule has 0 radical (unpaired) electrons. The van der Waals surface area contributed by atoms with Gasteiger partial charge in [0, 0.05) is 28.8 Å². The Labute approximate surface area is 127 Å². The normalized spacial score (nSPS) is 24.5. The van der Waals surface area contributed by atoms with Crippen molar-refractivity contribution in [1.82, 2.24) is 0 Å². The first-order valence-electron chi connectivity index (χ1n) is 6.95. The van der Waals surface area contributed by atoms with Gasteiger partial charge in [-0.2, -0.15) is 0 Å². The summed E-state index contributed by atoms with van der Waals surface area (Å²) in [6.07, 6.45) is 1.27. The molecule has 108 valence electrons. The molecule has 2 heterocycles. The van der Waals surface area contributed by atoms with Crippen LogP contribution in [0.2, 0.25) is 0 Å². The van der Waals surface area contributed by atoms with Gasteiger partial charge in [0.15, 0.2) is 6.10 Å². The van der Waals surface area contributed by atoms with Gasteiger partial charge in [-0.05, 0) is 46.3 Å². The zero-order valence-corrected chi connectivity index (χ0v) is 13.3. The van der Waals surface area contributed by atoms with Crippen molar-refractivity contribution in [1.29, 1.82) is 0 Å². The Kier molecular flexibility index (Phi) is 3.29. The van der Waals surface area contributed by atoms with E-state index in [1.807, 2.05) is 12.1 Å². The van der Waals surface area contributed by atoms with E-state index < -0.39 is 6.10 Å². The Morgan fingerprint density at radius 2 is 2.00 bits per heavy atom. The first-order chi connectivity index (χ1) is 9.37. The number of fused-ring (bicyclic) bond motifs is 1. The van der Waals surface area contributed by atoms with Crippen molar-refractivity contribution in [2.24, 2.45) is 5.41 Å². The summed E-state index contributed by atoms with van der Waals surface area (Å²) in [5, 5.41) is 12.5. The quantitative estimate of drug-likeness (QED) is 0.827. The minimum Gasteiger partial charge on any atom is -0.378 e. The van der Waals surface area contributed by atoms with Crippen LogP contribution in [0.5, 0.6) is 0 Å². The fourth-order valence-electron chi connectivity index (χ4n) is 2.85. The van der Waals surface area contributed by atoms with E-state index >= 15 is 0 Å². The van der Waals surface area contributed by atoms with Crippen molar-refractivity contribution in [2.75, 3.05) is 23.3 Å². The Morgan fingerprint density at radius 3 is 2.65 bits per heavy atom. The number of carbonyl (C=O) groups excluding carboxylic acids is 1. The Hall–Kier alpha value is -1.07. The first kappa shape index (κ1) is 13.9. The maximum absolute atomic E-state index is 11.5. The molecule has 2 N–H and O–H groups in total. The van der Waals surface area contributed by atoms with E-state index in [-0.39, 0.29) is 5.91 Å². The molecule has 2 aliphatic rings. The molecule has 0 spiro atoms. The number of amides is 1. The summed E-state index contributed by atoms with van der Waals surface area (Å²) in [7, 11) is 0. The summed E-state index contributed by atoms with van der Waals surface area (Å²) >= 11 is 3.57. The van der Waals surface area contributed by atoms with Crippen molar-refractivity contribution < 1.29 is 9.90 Å². The molecule has 2 aliphatic heterocycles. The van der Waals surface area contributed by atoms with Crippen LogP contribution >= 0.6 is 15.9 Å². The number of benzene rings is 1. The van der Waals surface area contributed by atoms with Crippen LogP contribution in [-0.4, -0.2) is 24.1 Å². The predicted octanol–water partition coefficient (Wildman–Crippen LogP) is 3.06. The number of anilines is 2. The minimum atomic E-state index is -1.05. The first-order valence-corrected chi connectivity index (χ1v) is 7.74. The van der Waals surface area contributed by atoms with Gasteiger partial charge in [0.1, 0.15) is 0 Å². The molecule has 5 heteroatoms. The number of nitrogens with zero attached hydrogens (tertiary/aromatic N) is 1. The lowest BCUT2D eigenvalue weighted by molar-refractivity contribution is -0.123. The molecule has 1 atom stereocenters. The van der Waals surface area contributed by atoms with Gasteiger partial charge in [-0.25, -0.2) is 0 Å². The molecule has 1 saturated heterocycles. The molecule has 1 aromatic rings. The molecule has 0 aromatic heterocycles. The number of rotatable bonds is 1. The number of hydrogen-bond donors (Lipinski definition) is 2. The highest BCUT2D eigenvalue weighted by atomic mass is 79.9. The second-order valence-corrected chi connectivity index (χ2v) is 7.29. The average molecular weight is 339 g/mol. The molecule has 4 nitrogen and oxygen atoms in total. The van der Waals surface area contributed by atoms with Gasteiger partial charge in [0.2, 0.25) is 0 Å². The van der Waals surface area contributed by atoms with Gasteiger partial charge in [0.05, 0.1) is 5.69 Å². The van der Waals surface area contributed by atoms with Crippen molar-refractivity contribution >= 4 is 33.2 Å². The molecule has 0 saturated carbocycles. The van der Waals surface area contributed by atoms with Crippen molar-refractivity contribution in [3.05, 3.63) is 22.2 Å². The van der Waals surface area contributed by atoms with Crippen LogP contribution in [0.15, 0.2) is 16.6 Å². The van der Waals surface area contributed by atoms with E-state index in [0.29, 0.717) is 11.0 Å². The molecule has 1 aromatic carbocycles. The summed E-state index contributed by atoms with van der Waals surface area (Å²) in [5.41, 5.74) is 2.88. The van der Waals surface area contributed by atoms with Crippen LogP contribution in [0.25, 0.3) is 0 Å². The monoisotopic (exact) mass is 338 g/mol. The van der Waals surface area contributed by atoms with Crippen molar-refractivity contribution in [3.8, 4) is 0 Å². The van der Waals surface area contributed by atoms with E-state index in [1.54, 1.807) is 0 Å². The maximum Gasteiger partial charge on any atom is 0.257 e. The van der Waals surface area contributed by atoms with Crippen LogP contribution in [0.4, 0.5) is 11.4 Å². The summed E-state index contributed by atoms with van der Waals surface area (Å²) in [4.78, 5) is 13.9. The molecule has 20 heavy (non-hydrogen) atoms. The third-order valence-electron chi connectivity index (χ3n) is 4.38. The Morgan fingerprint density at radius 1 is 1.35 bits per heavy atom. The lowest BCUT2D eigenvalue weighted by atomic mass is 9.82. The van der Waals surface area contributed by atoms with Crippen LogP contribution in [0, 0.1) is 5.41 Å². The van der Waals surface area contributed by atoms with Gasteiger partial charge < -0.3 is 15.3 Å². The van der Waals surface area contributed by atoms with Crippen molar-refractivity contribution in [3.63, 3.8) is 0 Å². The number of nitrogens with one attached hydrogen (secondary N) is 1. The molecule has 1 fully saturated rings. The summed E-state index contributed by atoms with van der Waals surface area (Å²) in [6, 6.07) is 3.82. The van der Waals surface area contributed by atoms with Crippen LogP contribution in [0.3, 0.4) is 0 Å². The molecule has 0 aliphatic carbocycles. The predicted molar refractivity (Wildman–Crippen MR) is 83.0 cm³/mol. The van der Waals surface area contributed by atoms with Crippen LogP contribution in [0.1, 0.15) is 38.4 Å².